The lowest BCUT2D eigenvalue weighted by Crippen LogP contribution is -2.42. The van der Waals surface area contributed by atoms with Gasteiger partial charge in [-0.2, -0.15) is 0 Å². The van der Waals surface area contributed by atoms with Crippen LogP contribution in [-0.2, 0) is 14.4 Å². The molecule has 0 radical (unpaired) electrons. The Morgan fingerprint density at radius 1 is 1.56 bits per heavy atom. The van der Waals surface area contributed by atoms with Crippen LogP contribution in [0.1, 0.15) is 19.3 Å². The predicted molar refractivity (Wildman–Crippen MR) is 63.4 cm³/mol. The fraction of sp³-hybridized carbons (Fsp3) is 0.583. The van der Waals surface area contributed by atoms with Crippen molar-refractivity contribution >= 4 is 17.8 Å². The highest BCUT2D eigenvalue weighted by Gasteiger charge is 2.35. The van der Waals surface area contributed by atoms with E-state index in [1.807, 2.05) is 0 Å². The maximum absolute atomic E-state index is 11.9. The Morgan fingerprint density at radius 3 is 2.72 bits per heavy atom. The van der Waals surface area contributed by atoms with Crippen molar-refractivity contribution in [2.45, 2.75) is 25.3 Å². The minimum absolute atomic E-state index is 0.153. The first-order chi connectivity index (χ1) is 8.51. The number of likely N-dealkylation sites (tertiary alicyclic amines) is 1. The summed E-state index contributed by atoms with van der Waals surface area (Å²) in [6.07, 6.45) is 6.14. The Balaban J connectivity index is 2.67. The topological polar surface area (TPSA) is 86.7 Å². The number of carboxylic acid groups (broad SMARTS) is 1. The molecule has 0 spiro atoms. The summed E-state index contributed by atoms with van der Waals surface area (Å²) in [7, 11) is 1.44. The Labute approximate surface area is 105 Å². The number of amides is 2. The number of nitrogens with one attached hydrogen (secondary N) is 1. The van der Waals surface area contributed by atoms with Crippen LogP contribution < -0.4 is 5.32 Å². The van der Waals surface area contributed by atoms with E-state index < -0.39 is 23.8 Å². The van der Waals surface area contributed by atoms with E-state index >= 15 is 0 Å². The van der Waals surface area contributed by atoms with Gasteiger partial charge >= 0.3 is 5.97 Å². The van der Waals surface area contributed by atoms with E-state index in [0.29, 0.717) is 19.4 Å². The molecule has 0 aromatic carbocycles. The Hall–Kier alpha value is -2.03. The Morgan fingerprint density at radius 2 is 2.22 bits per heavy atom. The van der Waals surface area contributed by atoms with Crippen LogP contribution in [0, 0.1) is 18.3 Å². The Kier molecular flexibility index (Phi) is 4.72. The molecule has 2 N–H and O–H groups in total. The highest BCUT2D eigenvalue weighted by Crippen LogP contribution is 2.19. The van der Waals surface area contributed by atoms with Gasteiger partial charge in [-0.15, -0.1) is 6.42 Å². The van der Waals surface area contributed by atoms with E-state index in [-0.39, 0.29) is 12.3 Å². The van der Waals surface area contributed by atoms with Crippen molar-refractivity contribution in [3.8, 4) is 12.3 Å². The second kappa shape index (κ2) is 6.05. The first-order valence-electron chi connectivity index (χ1n) is 5.71. The van der Waals surface area contributed by atoms with Gasteiger partial charge in [-0.3, -0.25) is 9.59 Å². The number of carbonyl (C=O) groups is 3. The lowest BCUT2D eigenvalue weighted by Gasteiger charge is -2.22. The normalized spacial score (nSPS) is 20.0. The van der Waals surface area contributed by atoms with Gasteiger partial charge in [-0.1, -0.05) is 5.92 Å². The van der Waals surface area contributed by atoms with Crippen LogP contribution in [0.2, 0.25) is 0 Å². The lowest BCUT2D eigenvalue weighted by molar-refractivity contribution is -0.148. The average molecular weight is 252 g/mol. The largest absolute Gasteiger partial charge is 0.480 e. The zero-order valence-corrected chi connectivity index (χ0v) is 10.2. The molecule has 0 saturated carbocycles. The van der Waals surface area contributed by atoms with Gasteiger partial charge in [-0.05, 0) is 12.8 Å². The van der Waals surface area contributed by atoms with Crippen molar-refractivity contribution in [2.75, 3.05) is 13.6 Å². The Bertz CT molecular complexity index is 399. The number of carboxylic acids is 1. The fourth-order valence-electron chi connectivity index (χ4n) is 2.02. The molecule has 6 heteroatoms. The van der Waals surface area contributed by atoms with Gasteiger partial charge in [0, 0.05) is 20.0 Å². The van der Waals surface area contributed by atoms with Gasteiger partial charge < -0.3 is 15.3 Å². The van der Waals surface area contributed by atoms with Crippen molar-refractivity contribution in [3.63, 3.8) is 0 Å². The molecule has 1 saturated heterocycles. The molecule has 1 heterocycles. The maximum Gasteiger partial charge on any atom is 0.326 e. The molecule has 0 aliphatic carbocycles. The summed E-state index contributed by atoms with van der Waals surface area (Å²) in [6.45, 7) is 0.404. The summed E-state index contributed by atoms with van der Waals surface area (Å²) >= 11 is 0. The second-order valence-electron chi connectivity index (χ2n) is 4.12. The summed E-state index contributed by atoms with van der Waals surface area (Å²) in [5, 5.41) is 11.3. The minimum atomic E-state index is -1.02. The van der Waals surface area contributed by atoms with Crippen molar-refractivity contribution in [1.82, 2.24) is 10.2 Å². The van der Waals surface area contributed by atoms with Crippen LogP contribution in [0.25, 0.3) is 0 Å². The van der Waals surface area contributed by atoms with E-state index in [1.165, 1.54) is 11.9 Å². The molecule has 1 fully saturated rings. The molecule has 0 bridgehead atoms. The summed E-state index contributed by atoms with van der Waals surface area (Å²) in [5.41, 5.74) is 0. The summed E-state index contributed by atoms with van der Waals surface area (Å²) in [5.74, 6) is -0.410. The fourth-order valence-corrected chi connectivity index (χ4v) is 2.02. The van der Waals surface area contributed by atoms with Crippen LogP contribution in [0.4, 0.5) is 0 Å². The van der Waals surface area contributed by atoms with Gasteiger partial charge in [0.2, 0.25) is 11.8 Å². The van der Waals surface area contributed by atoms with Crippen molar-refractivity contribution in [3.05, 3.63) is 0 Å². The zero-order valence-electron chi connectivity index (χ0n) is 10.2. The average Bonchev–Trinajstić information content (AvgIpc) is 2.84. The smallest absolute Gasteiger partial charge is 0.326 e. The van der Waals surface area contributed by atoms with Crippen LogP contribution >= 0.6 is 0 Å². The first kappa shape index (κ1) is 14.0. The maximum atomic E-state index is 11.9. The molecule has 1 aliphatic heterocycles. The summed E-state index contributed by atoms with van der Waals surface area (Å²) in [4.78, 5) is 35.5. The number of hydrogen-bond acceptors (Lipinski definition) is 3. The van der Waals surface area contributed by atoms with E-state index in [9.17, 15) is 14.4 Å². The molecule has 2 amide bonds. The van der Waals surface area contributed by atoms with Crippen LogP contribution in [0.5, 0.6) is 0 Å². The second-order valence-corrected chi connectivity index (χ2v) is 4.12. The monoisotopic (exact) mass is 252 g/mol. The number of hydrogen-bond donors (Lipinski definition) is 2. The van der Waals surface area contributed by atoms with Crippen molar-refractivity contribution in [2.24, 2.45) is 5.92 Å². The lowest BCUT2D eigenvalue weighted by atomic mass is 10.0. The van der Waals surface area contributed by atoms with E-state index in [1.54, 1.807) is 0 Å². The van der Waals surface area contributed by atoms with Gasteiger partial charge in [0.25, 0.3) is 0 Å². The summed E-state index contributed by atoms with van der Waals surface area (Å²) < 4.78 is 0. The number of carbonyl (C=O) groups excluding carboxylic acids is 2. The molecule has 2 atom stereocenters. The van der Waals surface area contributed by atoms with Gasteiger partial charge in [-0.25, -0.2) is 4.79 Å². The highest BCUT2D eigenvalue weighted by atomic mass is 16.4. The standard InChI is InChI=1S/C12H16N2O4/c1-3-8(11(16)13-2)7-10(15)14-6-4-5-9(14)12(17)18/h1,8-9H,4-7H2,2H3,(H,13,16)(H,17,18)/t8?,9-/m0/s1. The van der Waals surface area contributed by atoms with Gasteiger partial charge in [0.15, 0.2) is 0 Å². The molecule has 0 aromatic rings. The predicted octanol–water partition coefficient (Wildman–Crippen LogP) is -0.552. The number of aliphatic carboxylic acids is 1. The van der Waals surface area contributed by atoms with Crippen molar-refractivity contribution < 1.29 is 19.5 Å². The molecular formula is C12H16N2O4. The molecule has 18 heavy (non-hydrogen) atoms. The highest BCUT2D eigenvalue weighted by molar-refractivity contribution is 5.90. The summed E-state index contributed by atoms with van der Waals surface area (Å²) in [6, 6.07) is -0.791. The van der Waals surface area contributed by atoms with Crippen LogP contribution in [0.3, 0.4) is 0 Å². The molecular weight excluding hydrogens is 236 g/mol. The molecule has 1 unspecified atom stereocenters. The molecule has 98 valence electrons. The van der Waals surface area contributed by atoms with Crippen LogP contribution in [-0.4, -0.2) is 47.4 Å². The third-order valence-electron chi connectivity index (χ3n) is 3.00. The molecule has 6 nitrogen and oxygen atoms in total. The van der Waals surface area contributed by atoms with E-state index in [2.05, 4.69) is 11.2 Å². The van der Waals surface area contributed by atoms with Gasteiger partial charge in [0.1, 0.15) is 12.0 Å². The third kappa shape index (κ3) is 3.00. The zero-order chi connectivity index (χ0) is 13.7. The van der Waals surface area contributed by atoms with Crippen LogP contribution in [0.15, 0.2) is 0 Å². The first-order valence-corrected chi connectivity index (χ1v) is 5.71. The number of nitrogens with zero attached hydrogens (tertiary/aromatic N) is 1. The molecule has 1 rings (SSSR count). The number of rotatable bonds is 4. The van der Waals surface area contributed by atoms with E-state index in [0.717, 1.165) is 0 Å². The van der Waals surface area contributed by atoms with E-state index in [4.69, 9.17) is 11.5 Å². The molecule has 1 aliphatic rings. The quantitative estimate of drug-likeness (QED) is 0.657. The molecule has 0 aromatic heterocycles. The SMILES string of the molecule is C#CC(CC(=O)N1CCC[C@H]1C(=O)O)C(=O)NC. The third-order valence-corrected chi connectivity index (χ3v) is 3.00. The number of terminal acetylenes is 1. The van der Waals surface area contributed by atoms with Gasteiger partial charge in [0.05, 0.1) is 0 Å². The minimum Gasteiger partial charge on any atom is -0.480 e. The van der Waals surface area contributed by atoms with Crippen molar-refractivity contribution in [1.29, 1.82) is 0 Å².